The molecule has 1 aromatic carbocycles. The second-order valence-corrected chi connectivity index (χ2v) is 7.06. The van der Waals surface area contributed by atoms with Crippen LogP contribution in [0.4, 0.5) is 0 Å². The van der Waals surface area contributed by atoms with Crippen molar-refractivity contribution < 1.29 is 14.3 Å². The van der Waals surface area contributed by atoms with Crippen LogP contribution in [0, 0.1) is 0 Å². The molecule has 7 heteroatoms. The Hall–Kier alpha value is -2.12. The van der Waals surface area contributed by atoms with Gasteiger partial charge in [-0.15, -0.1) is 0 Å². The maximum absolute atomic E-state index is 12.6. The van der Waals surface area contributed by atoms with E-state index in [0.717, 1.165) is 48.7 Å². The van der Waals surface area contributed by atoms with Crippen LogP contribution in [-0.2, 0) is 6.54 Å². The quantitative estimate of drug-likeness (QED) is 0.787. The molecule has 0 aliphatic carbocycles. The Bertz CT molecular complexity index is 791. The van der Waals surface area contributed by atoms with Crippen LogP contribution in [0.1, 0.15) is 15.9 Å². The molecule has 25 heavy (non-hydrogen) atoms. The van der Waals surface area contributed by atoms with Crippen LogP contribution in [0.15, 0.2) is 41.1 Å². The van der Waals surface area contributed by atoms with Crippen LogP contribution in [-0.4, -0.2) is 53.7 Å². The normalized spacial score (nSPS) is 16.9. The van der Waals surface area contributed by atoms with E-state index in [9.17, 15) is 4.79 Å². The lowest BCUT2D eigenvalue weighted by molar-refractivity contribution is 0.0628. The van der Waals surface area contributed by atoms with E-state index in [-0.39, 0.29) is 5.91 Å². The number of carbonyl (C=O) groups is 1. The Morgan fingerprint density at radius 1 is 1.08 bits per heavy atom. The van der Waals surface area contributed by atoms with Crippen molar-refractivity contribution in [2.24, 2.45) is 0 Å². The van der Waals surface area contributed by atoms with Crippen LogP contribution >= 0.6 is 15.9 Å². The summed E-state index contributed by atoms with van der Waals surface area (Å²) in [6.45, 7) is 4.27. The minimum Gasteiger partial charge on any atom is -0.454 e. The molecule has 3 heterocycles. The van der Waals surface area contributed by atoms with Crippen LogP contribution in [0.2, 0.25) is 0 Å². The fraction of sp³-hybridized carbons (Fsp3) is 0.333. The maximum Gasteiger partial charge on any atom is 0.255 e. The van der Waals surface area contributed by atoms with Gasteiger partial charge in [0.05, 0.1) is 5.56 Å². The zero-order chi connectivity index (χ0) is 17.2. The average Bonchev–Trinajstić information content (AvgIpc) is 3.09. The molecule has 4 rings (SSSR count). The third kappa shape index (κ3) is 3.62. The van der Waals surface area contributed by atoms with Crippen molar-refractivity contribution in [2.45, 2.75) is 6.54 Å². The molecule has 2 aromatic rings. The molecule has 2 aliphatic heterocycles. The first-order chi connectivity index (χ1) is 12.2. The van der Waals surface area contributed by atoms with Crippen molar-refractivity contribution in [3.8, 4) is 11.5 Å². The van der Waals surface area contributed by atoms with Crippen molar-refractivity contribution in [1.82, 2.24) is 14.8 Å². The van der Waals surface area contributed by atoms with Crippen molar-refractivity contribution >= 4 is 21.8 Å². The Labute approximate surface area is 154 Å². The van der Waals surface area contributed by atoms with Crippen molar-refractivity contribution in [1.29, 1.82) is 0 Å². The van der Waals surface area contributed by atoms with Crippen LogP contribution in [0.5, 0.6) is 11.5 Å². The first-order valence-electron chi connectivity index (χ1n) is 8.20. The number of ether oxygens (including phenoxy) is 2. The molecule has 6 nitrogen and oxygen atoms in total. The molecule has 0 saturated carbocycles. The fourth-order valence-corrected chi connectivity index (χ4v) is 3.48. The first-order valence-corrected chi connectivity index (χ1v) is 8.99. The van der Waals surface area contributed by atoms with E-state index in [4.69, 9.17) is 9.47 Å². The number of benzene rings is 1. The number of pyridine rings is 1. The molecule has 1 amide bonds. The van der Waals surface area contributed by atoms with E-state index in [0.29, 0.717) is 12.4 Å². The number of carbonyl (C=O) groups excluding carboxylic acids is 1. The number of rotatable bonds is 3. The minimum absolute atomic E-state index is 0.0385. The lowest BCUT2D eigenvalue weighted by atomic mass is 10.1. The van der Waals surface area contributed by atoms with E-state index in [1.165, 1.54) is 5.56 Å². The van der Waals surface area contributed by atoms with E-state index >= 15 is 0 Å². The number of hydrogen-bond donors (Lipinski definition) is 0. The molecule has 130 valence electrons. The van der Waals surface area contributed by atoms with Crippen molar-refractivity contribution in [3.05, 3.63) is 52.3 Å². The molecular formula is C18H18BrN3O3. The smallest absolute Gasteiger partial charge is 0.255 e. The zero-order valence-corrected chi connectivity index (χ0v) is 15.2. The standard InChI is InChI=1S/C18H18BrN3O3/c19-15-8-14(9-20-10-15)18(23)22-5-3-21(4-6-22)11-13-1-2-16-17(7-13)25-12-24-16/h1-2,7-10H,3-6,11-12H2. The van der Waals surface area contributed by atoms with Gasteiger partial charge in [-0.3, -0.25) is 14.7 Å². The number of halogens is 1. The van der Waals surface area contributed by atoms with Crippen molar-refractivity contribution in [2.75, 3.05) is 33.0 Å². The van der Waals surface area contributed by atoms with E-state index < -0.39 is 0 Å². The number of piperazine rings is 1. The van der Waals surface area contributed by atoms with Gasteiger partial charge in [0, 0.05) is 49.6 Å². The first kappa shape index (κ1) is 16.4. The van der Waals surface area contributed by atoms with Gasteiger partial charge in [0.1, 0.15) is 0 Å². The number of aromatic nitrogens is 1. The fourth-order valence-electron chi connectivity index (χ4n) is 3.12. The number of hydrogen-bond acceptors (Lipinski definition) is 5. The number of fused-ring (bicyclic) bond motifs is 1. The second kappa shape index (κ2) is 7.01. The molecule has 0 atom stereocenters. The molecule has 1 fully saturated rings. The SMILES string of the molecule is O=C(c1cncc(Br)c1)N1CCN(Cc2ccc3c(c2)OCO3)CC1. The molecule has 0 bridgehead atoms. The lowest BCUT2D eigenvalue weighted by Gasteiger charge is -2.34. The highest BCUT2D eigenvalue weighted by atomic mass is 79.9. The molecule has 0 spiro atoms. The average molecular weight is 404 g/mol. The van der Waals surface area contributed by atoms with Gasteiger partial charge in [-0.05, 0) is 39.7 Å². The monoisotopic (exact) mass is 403 g/mol. The summed E-state index contributed by atoms with van der Waals surface area (Å²) in [5, 5.41) is 0. The molecular weight excluding hydrogens is 386 g/mol. The Balaban J connectivity index is 1.34. The van der Waals surface area contributed by atoms with E-state index in [2.05, 4.69) is 31.9 Å². The third-order valence-electron chi connectivity index (χ3n) is 4.45. The van der Waals surface area contributed by atoms with Crippen LogP contribution in [0.25, 0.3) is 0 Å². The predicted octanol–water partition coefficient (Wildman–Crippen LogP) is 2.53. The molecule has 2 aliphatic rings. The molecule has 1 aromatic heterocycles. The number of nitrogens with zero attached hydrogens (tertiary/aromatic N) is 3. The Morgan fingerprint density at radius 3 is 2.68 bits per heavy atom. The largest absolute Gasteiger partial charge is 0.454 e. The van der Waals surface area contributed by atoms with Gasteiger partial charge >= 0.3 is 0 Å². The Morgan fingerprint density at radius 2 is 1.88 bits per heavy atom. The highest BCUT2D eigenvalue weighted by molar-refractivity contribution is 9.10. The zero-order valence-electron chi connectivity index (χ0n) is 13.7. The van der Waals surface area contributed by atoms with Crippen LogP contribution in [0.3, 0.4) is 0 Å². The Kier molecular flexibility index (Phi) is 4.59. The molecule has 0 unspecified atom stereocenters. The summed E-state index contributed by atoms with van der Waals surface area (Å²) >= 11 is 3.36. The summed E-state index contributed by atoms with van der Waals surface area (Å²) in [6.07, 6.45) is 3.30. The van der Waals surface area contributed by atoms with Gasteiger partial charge in [0.2, 0.25) is 6.79 Å². The second-order valence-electron chi connectivity index (χ2n) is 6.15. The highest BCUT2D eigenvalue weighted by Gasteiger charge is 2.23. The van der Waals surface area contributed by atoms with Gasteiger partial charge < -0.3 is 14.4 Å². The summed E-state index contributed by atoms with van der Waals surface area (Å²) in [5.41, 5.74) is 1.82. The summed E-state index contributed by atoms with van der Waals surface area (Å²) in [5.74, 6) is 1.66. The minimum atomic E-state index is 0.0385. The van der Waals surface area contributed by atoms with E-state index in [1.807, 2.05) is 23.1 Å². The summed E-state index contributed by atoms with van der Waals surface area (Å²) in [7, 11) is 0. The summed E-state index contributed by atoms with van der Waals surface area (Å²) in [4.78, 5) is 20.9. The maximum atomic E-state index is 12.6. The van der Waals surface area contributed by atoms with Gasteiger partial charge in [0.15, 0.2) is 11.5 Å². The van der Waals surface area contributed by atoms with Gasteiger partial charge in [-0.25, -0.2) is 0 Å². The molecule has 0 radical (unpaired) electrons. The lowest BCUT2D eigenvalue weighted by Crippen LogP contribution is -2.48. The molecule has 0 N–H and O–H groups in total. The van der Waals surface area contributed by atoms with Gasteiger partial charge in [0.25, 0.3) is 5.91 Å². The highest BCUT2D eigenvalue weighted by Crippen LogP contribution is 2.32. The topological polar surface area (TPSA) is 54.9 Å². The predicted molar refractivity (Wildman–Crippen MR) is 95.7 cm³/mol. The molecule has 1 saturated heterocycles. The van der Waals surface area contributed by atoms with Gasteiger partial charge in [-0.1, -0.05) is 6.07 Å². The van der Waals surface area contributed by atoms with Crippen molar-refractivity contribution in [3.63, 3.8) is 0 Å². The van der Waals surface area contributed by atoms with Crippen LogP contribution < -0.4 is 9.47 Å². The van der Waals surface area contributed by atoms with E-state index in [1.54, 1.807) is 12.4 Å². The summed E-state index contributed by atoms with van der Waals surface area (Å²) < 4.78 is 11.6. The summed E-state index contributed by atoms with van der Waals surface area (Å²) in [6, 6.07) is 7.87. The number of amides is 1. The third-order valence-corrected chi connectivity index (χ3v) is 4.89. The van der Waals surface area contributed by atoms with Gasteiger partial charge in [-0.2, -0.15) is 0 Å².